The maximum absolute atomic E-state index is 12.9. The molecule has 2 aromatic carbocycles. The Labute approximate surface area is 134 Å². The SMILES string of the molecule is COc1c(O)cc2oc3cc4c(c(O)c3c(=O)c2c1OC)OCO4. The topological polar surface area (TPSA) is 108 Å². The lowest BCUT2D eigenvalue weighted by Gasteiger charge is -2.12. The number of methoxy groups -OCH3 is 2. The van der Waals surface area contributed by atoms with Crippen LogP contribution in [0.25, 0.3) is 21.9 Å². The fourth-order valence-corrected chi connectivity index (χ4v) is 2.84. The summed E-state index contributed by atoms with van der Waals surface area (Å²) in [7, 11) is 2.67. The van der Waals surface area contributed by atoms with Crippen LogP contribution in [0.3, 0.4) is 0 Å². The number of hydrogen-bond donors (Lipinski definition) is 2. The molecule has 2 heterocycles. The minimum absolute atomic E-state index is 0.00289. The van der Waals surface area contributed by atoms with E-state index in [1.54, 1.807) is 0 Å². The van der Waals surface area contributed by atoms with Crippen LogP contribution in [0.5, 0.6) is 34.5 Å². The molecule has 4 rings (SSSR count). The summed E-state index contributed by atoms with van der Waals surface area (Å²) in [5.74, 6) is -0.248. The summed E-state index contributed by atoms with van der Waals surface area (Å²) in [6, 6.07) is 2.70. The van der Waals surface area contributed by atoms with E-state index in [4.69, 9.17) is 23.4 Å². The second kappa shape index (κ2) is 4.85. The van der Waals surface area contributed by atoms with Gasteiger partial charge in [-0.25, -0.2) is 0 Å². The molecule has 0 unspecified atom stereocenters. The molecule has 0 aliphatic carbocycles. The van der Waals surface area contributed by atoms with Crippen LogP contribution in [0.2, 0.25) is 0 Å². The van der Waals surface area contributed by atoms with Crippen molar-refractivity contribution in [3.8, 4) is 34.5 Å². The van der Waals surface area contributed by atoms with Crippen molar-refractivity contribution in [3.05, 3.63) is 22.4 Å². The molecule has 0 spiro atoms. The summed E-state index contributed by atoms with van der Waals surface area (Å²) in [5, 5.41) is 20.4. The van der Waals surface area contributed by atoms with Crippen molar-refractivity contribution in [2.24, 2.45) is 0 Å². The van der Waals surface area contributed by atoms with E-state index in [1.807, 2.05) is 0 Å². The number of benzene rings is 2. The van der Waals surface area contributed by atoms with Gasteiger partial charge in [-0.2, -0.15) is 0 Å². The Morgan fingerprint density at radius 3 is 2.42 bits per heavy atom. The monoisotopic (exact) mass is 332 g/mol. The third-order valence-corrected chi connectivity index (χ3v) is 3.86. The number of rotatable bonds is 2. The molecule has 1 aliphatic heterocycles. The Kier molecular flexibility index (Phi) is 2.89. The van der Waals surface area contributed by atoms with Crippen molar-refractivity contribution in [3.63, 3.8) is 0 Å². The van der Waals surface area contributed by atoms with Crippen molar-refractivity contribution >= 4 is 21.9 Å². The summed E-state index contributed by atoms with van der Waals surface area (Å²) < 4.78 is 26.3. The van der Waals surface area contributed by atoms with Gasteiger partial charge in [0, 0.05) is 12.1 Å². The molecule has 0 fully saturated rings. The molecule has 3 aromatic rings. The molecule has 1 aliphatic rings. The summed E-state index contributed by atoms with van der Waals surface area (Å²) >= 11 is 0. The third-order valence-electron chi connectivity index (χ3n) is 3.86. The molecular formula is C16H12O8. The number of phenolic OH excluding ortho intramolecular Hbond substituents is 2. The Hall–Kier alpha value is -3.29. The largest absolute Gasteiger partial charge is 0.504 e. The van der Waals surface area contributed by atoms with Crippen LogP contribution >= 0.6 is 0 Å². The van der Waals surface area contributed by atoms with Gasteiger partial charge < -0.3 is 33.6 Å². The Balaban J connectivity index is 2.23. The molecule has 124 valence electrons. The number of ether oxygens (including phenoxy) is 4. The standard InChI is InChI=1S/C16H12O8/c1-20-14-6(17)3-7-11(16(14)21-2)12(18)10-8(24-7)4-9-15(13(10)19)23-5-22-9/h3-4,17,19H,5H2,1-2H3. The summed E-state index contributed by atoms with van der Waals surface area (Å²) in [4.78, 5) is 12.9. The highest BCUT2D eigenvalue weighted by Gasteiger charge is 2.27. The van der Waals surface area contributed by atoms with Gasteiger partial charge in [0.05, 0.1) is 14.2 Å². The normalized spacial score (nSPS) is 12.8. The first kappa shape index (κ1) is 14.3. The van der Waals surface area contributed by atoms with Crippen LogP contribution < -0.4 is 24.4 Å². The average molecular weight is 332 g/mol. The molecule has 0 atom stereocenters. The van der Waals surface area contributed by atoms with Gasteiger partial charge in [-0.3, -0.25) is 4.79 Å². The van der Waals surface area contributed by atoms with Gasteiger partial charge in [0.15, 0.2) is 23.0 Å². The third kappa shape index (κ3) is 1.70. The van der Waals surface area contributed by atoms with Crippen molar-refractivity contribution in [2.75, 3.05) is 21.0 Å². The highest BCUT2D eigenvalue weighted by molar-refractivity contribution is 5.99. The Morgan fingerprint density at radius 1 is 1.00 bits per heavy atom. The van der Waals surface area contributed by atoms with Gasteiger partial charge in [0.1, 0.15) is 21.9 Å². The molecule has 8 nitrogen and oxygen atoms in total. The van der Waals surface area contributed by atoms with Crippen LogP contribution in [0.1, 0.15) is 0 Å². The van der Waals surface area contributed by atoms with Gasteiger partial charge in [-0.05, 0) is 0 Å². The summed E-state index contributed by atoms with van der Waals surface area (Å²) in [6.45, 7) is -0.0646. The lowest BCUT2D eigenvalue weighted by molar-refractivity contribution is 0.171. The molecule has 2 N–H and O–H groups in total. The molecule has 0 saturated heterocycles. The highest BCUT2D eigenvalue weighted by Crippen LogP contribution is 2.47. The quantitative estimate of drug-likeness (QED) is 0.687. The van der Waals surface area contributed by atoms with E-state index in [9.17, 15) is 15.0 Å². The Morgan fingerprint density at radius 2 is 1.71 bits per heavy atom. The summed E-state index contributed by atoms with van der Waals surface area (Å²) in [5.41, 5.74) is -0.362. The van der Waals surface area contributed by atoms with E-state index < -0.39 is 5.43 Å². The predicted molar refractivity (Wildman–Crippen MR) is 82.5 cm³/mol. The zero-order valence-corrected chi connectivity index (χ0v) is 12.7. The van der Waals surface area contributed by atoms with E-state index in [2.05, 4.69) is 0 Å². The Bertz CT molecular complexity index is 1050. The molecule has 0 bridgehead atoms. The lowest BCUT2D eigenvalue weighted by Crippen LogP contribution is -2.06. The van der Waals surface area contributed by atoms with E-state index in [0.717, 1.165) is 0 Å². The first-order valence-electron chi connectivity index (χ1n) is 6.92. The fraction of sp³-hybridized carbons (Fsp3) is 0.188. The summed E-state index contributed by atoms with van der Waals surface area (Å²) in [6.07, 6.45) is 0. The van der Waals surface area contributed by atoms with Crippen molar-refractivity contribution in [1.82, 2.24) is 0 Å². The highest BCUT2D eigenvalue weighted by atomic mass is 16.7. The molecule has 1 aromatic heterocycles. The van der Waals surface area contributed by atoms with Gasteiger partial charge >= 0.3 is 0 Å². The molecule has 0 radical (unpaired) electrons. The van der Waals surface area contributed by atoms with Crippen molar-refractivity contribution in [2.45, 2.75) is 0 Å². The van der Waals surface area contributed by atoms with Gasteiger partial charge in [0.25, 0.3) is 0 Å². The van der Waals surface area contributed by atoms with Gasteiger partial charge in [-0.1, -0.05) is 0 Å². The van der Waals surface area contributed by atoms with Gasteiger partial charge in [-0.15, -0.1) is 0 Å². The average Bonchev–Trinajstić information content (AvgIpc) is 3.02. The number of hydrogen-bond acceptors (Lipinski definition) is 8. The molecule has 24 heavy (non-hydrogen) atoms. The first-order chi connectivity index (χ1) is 11.6. The molecule has 0 amide bonds. The number of fused-ring (bicyclic) bond motifs is 3. The maximum Gasteiger partial charge on any atom is 0.231 e. The number of phenols is 2. The van der Waals surface area contributed by atoms with E-state index >= 15 is 0 Å². The second-order valence-corrected chi connectivity index (χ2v) is 5.10. The molecular weight excluding hydrogens is 320 g/mol. The predicted octanol–water partition coefficient (Wildman–Crippen LogP) is 2.10. The van der Waals surface area contributed by atoms with Gasteiger partial charge in [0.2, 0.25) is 23.7 Å². The fourth-order valence-electron chi connectivity index (χ4n) is 2.84. The zero-order valence-electron chi connectivity index (χ0n) is 12.7. The molecule has 8 heteroatoms. The minimum atomic E-state index is -0.544. The smallest absolute Gasteiger partial charge is 0.231 e. The number of aromatic hydroxyl groups is 2. The van der Waals surface area contributed by atoms with E-state index in [-0.39, 0.29) is 63.2 Å². The van der Waals surface area contributed by atoms with E-state index in [1.165, 1.54) is 26.4 Å². The first-order valence-corrected chi connectivity index (χ1v) is 6.92. The van der Waals surface area contributed by atoms with Crippen molar-refractivity contribution < 1.29 is 33.6 Å². The minimum Gasteiger partial charge on any atom is -0.504 e. The zero-order chi connectivity index (χ0) is 17.0. The van der Waals surface area contributed by atoms with Crippen LogP contribution in [0.15, 0.2) is 21.3 Å². The van der Waals surface area contributed by atoms with Crippen LogP contribution in [0.4, 0.5) is 0 Å². The van der Waals surface area contributed by atoms with Crippen molar-refractivity contribution in [1.29, 1.82) is 0 Å². The van der Waals surface area contributed by atoms with Crippen LogP contribution in [-0.2, 0) is 0 Å². The second-order valence-electron chi connectivity index (χ2n) is 5.10. The van der Waals surface area contributed by atoms with Crippen LogP contribution in [-0.4, -0.2) is 31.2 Å². The maximum atomic E-state index is 12.9. The lowest BCUT2D eigenvalue weighted by atomic mass is 10.1. The molecule has 0 saturated carbocycles. The van der Waals surface area contributed by atoms with Crippen LogP contribution in [0, 0.1) is 0 Å². The van der Waals surface area contributed by atoms with E-state index in [0.29, 0.717) is 0 Å².